The maximum atomic E-state index is 14.8. The molecular formula is C35H36N6O2. The molecule has 0 spiro atoms. The van der Waals surface area contributed by atoms with Gasteiger partial charge < -0.3 is 14.8 Å². The van der Waals surface area contributed by atoms with Gasteiger partial charge in [-0.25, -0.2) is 0 Å². The SMILES string of the molecule is CC(C)C1CCCCN1C(=O)CN1C(=O)C(Cc2c[nH]c3ccccc23)c2nnc(-c3ccccc3)n2-c2ccccc21. The molecule has 8 heteroatoms. The van der Waals surface area contributed by atoms with Crippen LogP contribution in [0.15, 0.2) is 85.1 Å². The van der Waals surface area contributed by atoms with Crippen molar-refractivity contribution in [2.45, 2.75) is 51.5 Å². The Kier molecular flexibility index (Phi) is 7.05. The number of anilines is 1. The molecule has 4 heterocycles. The van der Waals surface area contributed by atoms with Gasteiger partial charge in [0.05, 0.1) is 11.4 Å². The van der Waals surface area contributed by atoms with Crippen molar-refractivity contribution in [1.29, 1.82) is 0 Å². The van der Waals surface area contributed by atoms with Crippen LogP contribution in [0, 0.1) is 5.92 Å². The van der Waals surface area contributed by atoms with Gasteiger partial charge in [-0.2, -0.15) is 0 Å². The Morgan fingerprint density at radius 1 is 0.930 bits per heavy atom. The molecule has 8 nitrogen and oxygen atoms in total. The molecule has 43 heavy (non-hydrogen) atoms. The van der Waals surface area contributed by atoms with Crippen LogP contribution >= 0.6 is 0 Å². The molecule has 0 aliphatic carbocycles. The summed E-state index contributed by atoms with van der Waals surface area (Å²) in [4.78, 5) is 35.9. The molecule has 0 radical (unpaired) electrons. The molecule has 5 aromatic rings. The van der Waals surface area contributed by atoms with Gasteiger partial charge in [0.1, 0.15) is 12.5 Å². The second-order valence-corrected chi connectivity index (χ2v) is 12.0. The highest BCUT2D eigenvalue weighted by Gasteiger charge is 2.40. The quantitative estimate of drug-likeness (QED) is 0.265. The Hall–Kier alpha value is -4.72. The van der Waals surface area contributed by atoms with E-state index in [9.17, 15) is 9.59 Å². The molecule has 2 aliphatic rings. The summed E-state index contributed by atoms with van der Waals surface area (Å²) in [5.74, 6) is 0.809. The molecular weight excluding hydrogens is 536 g/mol. The van der Waals surface area contributed by atoms with Crippen molar-refractivity contribution in [3.05, 3.63) is 96.4 Å². The van der Waals surface area contributed by atoms with Crippen molar-refractivity contribution in [2.75, 3.05) is 18.0 Å². The maximum absolute atomic E-state index is 14.8. The van der Waals surface area contributed by atoms with Gasteiger partial charge in [0.15, 0.2) is 11.6 Å². The highest BCUT2D eigenvalue weighted by Crippen LogP contribution is 2.39. The van der Waals surface area contributed by atoms with Crippen LogP contribution in [0.2, 0.25) is 0 Å². The maximum Gasteiger partial charge on any atom is 0.242 e. The first kappa shape index (κ1) is 27.1. The number of hydrogen-bond donors (Lipinski definition) is 1. The van der Waals surface area contributed by atoms with Gasteiger partial charge in [0, 0.05) is 35.2 Å². The molecule has 2 unspecified atom stereocenters. The van der Waals surface area contributed by atoms with E-state index < -0.39 is 5.92 Å². The Labute approximate surface area is 251 Å². The van der Waals surface area contributed by atoms with Crippen LogP contribution in [0.5, 0.6) is 0 Å². The van der Waals surface area contributed by atoms with Crippen molar-refractivity contribution >= 4 is 28.4 Å². The molecule has 2 aliphatic heterocycles. The summed E-state index contributed by atoms with van der Waals surface area (Å²) in [6.07, 6.45) is 5.52. The predicted octanol–water partition coefficient (Wildman–Crippen LogP) is 6.13. The summed E-state index contributed by atoms with van der Waals surface area (Å²) in [6, 6.07) is 26.0. The van der Waals surface area contributed by atoms with Crippen LogP contribution in [0.3, 0.4) is 0 Å². The lowest BCUT2D eigenvalue weighted by molar-refractivity contribution is -0.135. The molecule has 218 valence electrons. The molecule has 0 saturated carbocycles. The van der Waals surface area contributed by atoms with Gasteiger partial charge >= 0.3 is 0 Å². The molecule has 2 aromatic heterocycles. The minimum atomic E-state index is -0.647. The van der Waals surface area contributed by atoms with E-state index in [0.717, 1.165) is 53.5 Å². The van der Waals surface area contributed by atoms with E-state index in [4.69, 9.17) is 0 Å². The third kappa shape index (κ3) is 4.80. The summed E-state index contributed by atoms with van der Waals surface area (Å²) in [7, 11) is 0. The van der Waals surface area contributed by atoms with Crippen molar-refractivity contribution in [3.63, 3.8) is 0 Å². The second-order valence-electron chi connectivity index (χ2n) is 12.0. The van der Waals surface area contributed by atoms with Crippen LogP contribution in [0.4, 0.5) is 5.69 Å². The lowest BCUT2D eigenvalue weighted by Gasteiger charge is -2.39. The summed E-state index contributed by atoms with van der Waals surface area (Å²) in [5, 5.41) is 10.4. The summed E-state index contributed by atoms with van der Waals surface area (Å²) >= 11 is 0. The Bertz CT molecular complexity index is 1790. The summed E-state index contributed by atoms with van der Waals surface area (Å²) < 4.78 is 2.02. The highest BCUT2D eigenvalue weighted by molar-refractivity contribution is 6.05. The van der Waals surface area contributed by atoms with Crippen LogP contribution in [-0.4, -0.2) is 55.6 Å². The van der Waals surface area contributed by atoms with E-state index in [1.807, 2.05) is 88.5 Å². The van der Waals surface area contributed by atoms with E-state index >= 15 is 0 Å². The lowest BCUT2D eigenvalue weighted by Crippen LogP contribution is -2.51. The first-order chi connectivity index (χ1) is 21.0. The average Bonchev–Trinajstić information content (AvgIpc) is 3.65. The van der Waals surface area contributed by atoms with Gasteiger partial charge in [0.2, 0.25) is 11.8 Å². The zero-order valence-corrected chi connectivity index (χ0v) is 24.6. The van der Waals surface area contributed by atoms with Crippen LogP contribution in [-0.2, 0) is 16.0 Å². The Balaban J connectivity index is 1.36. The number of para-hydroxylation sites is 3. The van der Waals surface area contributed by atoms with Crippen molar-refractivity contribution in [3.8, 4) is 17.1 Å². The van der Waals surface area contributed by atoms with Crippen molar-refractivity contribution < 1.29 is 9.59 Å². The molecule has 1 N–H and O–H groups in total. The number of fused-ring (bicyclic) bond motifs is 4. The molecule has 3 aromatic carbocycles. The predicted molar refractivity (Wildman–Crippen MR) is 168 cm³/mol. The second kappa shape index (κ2) is 11.2. The van der Waals surface area contributed by atoms with Gasteiger partial charge in [0.25, 0.3) is 0 Å². The van der Waals surface area contributed by atoms with Gasteiger partial charge in [-0.1, -0.05) is 74.5 Å². The van der Waals surface area contributed by atoms with E-state index in [1.54, 1.807) is 4.90 Å². The Morgan fingerprint density at radius 3 is 2.49 bits per heavy atom. The van der Waals surface area contributed by atoms with Gasteiger partial charge in [-0.3, -0.25) is 14.2 Å². The first-order valence-electron chi connectivity index (χ1n) is 15.3. The smallest absolute Gasteiger partial charge is 0.242 e. The van der Waals surface area contributed by atoms with Gasteiger partial charge in [-0.05, 0) is 55.4 Å². The van der Waals surface area contributed by atoms with E-state index in [2.05, 4.69) is 35.1 Å². The van der Waals surface area contributed by atoms with E-state index in [0.29, 0.717) is 29.7 Å². The Morgan fingerprint density at radius 2 is 1.67 bits per heavy atom. The summed E-state index contributed by atoms with van der Waals surface area (Å²) in [5.41, 5.74) is 4.44. The molecule has 7 rings (SSSR count). The number of rotatable bonds is 6. The third-order valence-electron chi connectivity index (χ3n) is 9.04. The number of piperidine rings is 1. The van der Waals surface area contributed by atoms with E-state index in [1.165, 1.54) is 0 Å². The number of carbonyl (C=O) groups is 2. The minimum absolute atomic E-state index is 0.00616. The number of hydrogen-bond acceptors (Lipinski definition) is 4. The number of nitrogens with zero attached hydrogens (tertiary/aromatic N) is 5. The first-order valence-corrected chi connectivity index (χ1v) is 15.3. The monoisotopic (exact) mass is 572 g/mol. The van der Waals surface area contributed by atoms with Crippen molar-refractivity contribution in [2.24, 2.45) is 5.92 Å². The number of nitrogens with one attached hydrogen (secondary N) is 1. The number of amides is 2. The van der Waals surface area contributed by atoms with Crippen LogP contribution in [0.1, 0.15) is 50.4 Å². The number of aromatic amines is 1. The highest BCUT2D eigenvalue weighted by atomic mass is 16.2. The lowest BCUT2D eigenvalue weighted by atomic mass is 9.92. The fourth-order valence-electron chi connectivity index (χ4n) is 6.88. The molecule has 2 amide bonds. The van der Waals surface area contributed by atoms with Crippen LogP contribution in [0.25, 0.3) is 28.0 Å². The van der Waals surface area contributed by atoms with Crippen molar-refractivity contribution in [1.82, 2.24) is 24.6 Å². The fourth-order valence-corrected chi connectivity index (χ4v) is 6.88. The van der Waals surface area contributed by atoms with Gasteiger partial charge in [-0.15, -0.1) is 10.2 Å². The normalized spacial score (nSPS) is 18.5. The zero-order valence-electron chi connectivity index (χ0n) is 24.6. The number of H-pyrrole nitrogens is 1. The number of carbonyl (C=O) groups excluding carboxylic acids is 2. The van der Waals surface area contributed by atoms with Crippen LogP contribution < -0.4 is 4.90 Å². The molecule has 2 atom stereocenters. The molecule has 1 saturated heterocycles. The minimum Gasteiger partial charge on any atom is -0.361 e. The standard InChI is InChI=1S/C35H36N6O2/c1-23(2)29-16-10-11-19-39(29)32(42)22-40-30-17-8-9-18-31(30)41-33(24-12-4-3-5-13-24)37-38-34(41)27(35(40)43)20-25-21-36-28-15-7-6-14-26(25)28/h3-9,12-15,17-18,21,23,27,29,36H,10-11,16,19-20,22H2,1-2H3. The average molecular weight is 573 g/mol. The molecule has 0 bridgehead atoms. The number of benzene rings is 3. The third-order valence-corrected chi connectivity index (χ3v) is 9.04. The number of likely N-dealkylation sites (tertiary alicyclic amines) is 1. The summed E-state index contributed by atoms with van der Waals surface area (Å²) in [6.45, 7) is 5.07. The molecule has 1 fully saturated rings. The fraction of sp³-hybridized carbons (Fsp3) is 0.314. The number of aromatic nitrogens is 4. The topological polar surface area (TPSA) is 87.1 Å². The zero-order chi connectivity index (χ0) is 29.5. The largest absolute Gasteiger partial charge is 0.361 e. The van der Waals surface area contributed by atoms with E-state index in [-0.39, 0.29) is 24.4 Å².